The number of nitrogens with two attached hydrogens (primary N) is 1. The van der Waals surface area contributed by atoms with Crippen LogP contribution < -0.4 is 11.1 Å². The van der Waals surface area contributed by atoms with E-state index in [1.54, 1.807) is 6.20 Å². The smallest absolute Gasteiger partial charge is 0.122 e. The Hall–Kier alpha value is -1.16. The minimum Gasteiger partial charge on any atom is -0.388 e. The van der Waals surface area contributed by atoms with Crippen molar-refractivity contribution in [3.63, 3.8) is 0 Å². The van der Waals surface area contributed by atoms with Gasteiger partial charge in [-0.2, -0.15) is 0 Å². The van der Waals surface area contributed by atoms with E-state index in [0.717, 1.165) is 12.2 Å². The van der Waals surface area contributed by atoms with Crippen molar-refractivity contribution in [1.82, 2.24) is 4.98 Å². The van der Waals surface area contributed by atoms with E-state index in [-0.39, 0.29) is 0 Å². The van der Waals surface area contributed by atoms with Crippen LogP contribution in [0.1, 0.15) is 33.4 Å². The fraction of sp³-hybridized carbons (Fsp3) is 0.538. The predicted molar refractivity (Wildman–Crippen MR) is 77.2 cm³/mol. The molecule has 0 fully saturated rings. The van der Waals surface area contributed by atoms with Crippen molar-refractivity contribution in [2.45, 2.75) is 27.7 Å². The van der Waals surface area contributed by atoms with Crippen LogP contribution in [0.3, 0.4) is 0 Å². The van der Waals surface area contributed by atoms with E-state index in [9.17, 15) is 0 Å². The first-order valence-corrected chi connectivity index (χ1v) is 6.21. The molecule has 4 heteroatoms. The Bertz CT molecular complexity index is 379. The van der Waals surface area contributed by atoms with Gasteiger partial charge in [0.15, 0.2) is 0 Å². The highest BCUT2D eigenvalue weighted by Crippen LogP contribution is 2.25. The Morgan fingerprint density at radius 2 is 2.12 bits per heavy atom. The molecule has 1 rings (SSSR count). The topological polar surface area (TPSA) is 50.9 Å². The van der Waals surface area contributed by atoms with Crippen molar-refractivity contribution in [2.75, 3.05) is 11.9 Å². The zero-order valence-corrected chi connectivity index (χ0v) is 11.8. The Labute approximate surface area is 109 Å². The molecule has 94 valence electrons. The van der Waals surface area contributed by atoms with Crippen LogP contribution in [0.2, 0.25) is 0 Å². The predicted octanol–water partition coefficient (Wildman–Crippen LogP) is 2.81. The maximum atomic E-state index is 5.49. The van der Waals surface area contributed by atoms with E-state index >= 15 is 0 Å². The van der Waals surface area contributed by atoms with Gasteiger partial charge in [-0.05, 0) is 23.5 Å². The van der Waals surface area contributed by atoms with E-state index in [2.05, 4.69) is 38.0 Å². The second kappa shape index (κ2) is 5.45. The molecular weight excluding hydrogens is 230 g/mol. The molecule has 1 unspecified atom stereocenters. The van der Waals surface area contributed by atoms with Gasteiger partial charge >= 0.3 is 0 Å². The molecule has 1 aromatic rings. The van der Waals surface area contributed by atoms with E-state index in [1.807, 2.05) is 12.1 Å². The number of pyridine rings is 1. The first-order chi connectivity index (χ1) is 7.80. The van der Waals surface area contributed by atoms with Crippen molar-refractivity contribution in [2.24, 2.45) is 17.1 Å². The van der Waals surface area contributed by atoms with E-state index in [4.69, 9.17) is 18.0 Å². The molecule has 0 spiro atoms. The maximum Gasteiger partial charge on any atom is 0.122 e. The van der Waals surface area contributed by atoms with Crippen LogP contribution in [-0.2, 0) is 0 Å². The SMILES string of the molecule is CC(CNc1ccc(C(N)=S)nc1)C(C)(C)C. The molecule has 17 heavy (non-hydrogen) atoms. The number of rotatable bonds is 4. The fourth-order valence-electron chi connectivity index (χ4n) is 1.22. The lowest BCUT2D eigenvalue weighted by molar-refractivity contribution is 0.274. The molecule has 0 aromatic carbocycles. The average Bonchev–Trinajstić information content (AvgIpc) is 2.25. The van der Waals surface area contributed by atoms with Crippen molar-refractivity contribution in [3.8, 4) is 0 Å². The van der Waals surface area contributed by atoms with Crippen LogP contribution in [0, 0.1) is 11.3 Å². The summed E-state index contributed by atoms with van der Waals surface area (Å²) in [6, 6.07) is 3.79. The first-order valence-electron chi connectivity index (χ1n) is 5.80. The van der Waals surface area contributed by atoms with Crippen LogP contribution >= 0.6 is 12.2 Å². The Morgan fingerprint density at radius 3 is 2.53 bits per heavy atom. The van der Waals surface area contributed by atoms with Gasteiger partial charge in [-0.25, -0.2) is 0 Å². The van der Waals surface area contributed by atoms with Gasteiger partial charge in [0.1, 0.15) is 4.99 Å². The zero-order chi connectivity index (χ0) is 13.1. The lowest BCUT2D eigenvalue weighted by Crippen LogP contribution is -2.24. The highest BCUT2D eigenvalue weighted by molar-refractivity contribution is 7.80. The highest BCUT2D eigenvalue weighted by Gasteiger charge is 2.19. The van der Waals surface area contributed by atoms with Crippen LogP contribution in [0.25, 0.3) is 0 Å². The molecule has 3 nitrogen and oxygen atoms in total. The van der Waals surface area contributed by atoms with Crippen molar-refractivity contribution in [1.29, 1.82) is 0 Å². The van der Waals surface area contributed by atoms with Crippen molar-refractivity contribution in [3.05, 3.63) is 24.0 Å². The number of aromatic nitrogens is 1. The lowest BCUT2D eigenvalue weighted by Gasteiger charge is -2.27. The van der Waals surface area contributed by atoms with Crippen LogP contribution in [0.5, 0.6) is 0 Å². The van der Waals surface area contributed by atoms with E-state index < -0.39 is 0 Å². The monoisotopic (exact) mass is 251 g/mol. The number of anilines is 1. The maximum absolute atomic E-state index is 5.49. The molecule has 0 aliphatic carbocycles. The van der Waals surface area contributed by atoms with Crippen LogP contribution in [0.15, 0.2) is 18.3 Å². The summed E-state index contributed by atoms with van der Waals surface area (Å²) in [6.07, 6.45) is 1.77. The molecule has 0 saturated carbocycles. The van der Waals surface area contributed by atoms with Crippen molar-refractivity contribution < 1.29 is 0 Å². The summed E-state index contributed by atoms with van der Waals surface area (Å²) in [5, 5.41) is 3.37. The third-order valence-electron chi connectivity index (χ3n) is 3.11. The third-order valence-corrected chi connectivity index (χ3v) is 3.32. The standard InChI is InChI=1S/C13H21N3S/c1-9(13(2,3)4)7-15-10-5-6-11(12(14)17)16-8-10/h5-6,8-9,15H,7H2,1-4H3,(H2,14,17). The van der Waals surface area contributed by atoms with Gasteiger partial charge in [0, 0.05) is 6.54 Å². The van der Waals surface area contributed by atoms with E-state index in [1.165, 1.54) is 0 Å². The Kier molecular flexibility index (Phi) is 4.46. The second-order valence-electron chi connectivity index (χ2n) is 5.44. The summed E-state index contributed by atoms with van der Waals surface area (Å²) in [4.78, 5) is 4.52. The molecule has 0 aliphatic heterocycles. The summed E-state index contributed by atoms with van der Waals surface area (Å²) >= 11 is 4.86. The second-order valence-corrected chi connectivity index (χ2v) is 5.88. The molecule has 0 radical (unpaired) electrons. The number of nitrogens with one attached hydrogen (secondary N) is 1. The molecule has 3 N–H and O–H groups in total. The third kappa shape index (κ3) is 4.30. The van der Waals surface area contributed by atoms with Gasteiger partial charge in [-0.15, -0.1) is 0 Å². The molecular formula is C13H21N3S. The molecule has 1 aromatic heterocycles. The molecule has 1 atom stereocenters. The van der Waals surface area contributed by atoms with Gasteiger partial charge in [0.25, 0.3) is 0 Å². The Balaban J connectivity index is 2.56. The number of nitrogens with zero attached hydrogens (tertiary/aromatic N) is 1. The van der Waals surface area contributed by atoms with Gasteiger partial charge in [-0.3, -0.25) is 4.98 Å². The summed E-state index contributed by atoms with van der Waals surface area (Å²) in [5.41, 5.74) is 7.46. The van der Waals surface area contributed by atoms with Gasteiger partial charge in [0.2, 0.25) is 0 Å². The minimum absolute atomic E-state index is 0.305. The largest absolute Gasteiger partial charge is 0.388 e. The normalized spacial score (nSPS) is 13.2. The first kappa shape index (κ1) is 13.9. The molecule has 0 bridgehead atoms. The number of hydrogen-bond donors (Lipinski definition) is 2. The number of thiocarbonyl (C=S) groups is 1. The zero-order valence-electron chi connectivity index (χ0n) is 10.9. The lowest BCUT2D eigenvalue weighted by atomic mass is 9.82. The highest BCUT2D eigenvalue weighted by atomic mass is 32.1. The quantitative estimate of drug-likeness (QED) is 0.808. The molecule has 0 saturated heterocycles. The number of hydrogen-bond acceptors (Lipinski definition) is 3. The van der Waals surface area contributed by atoms with E-state index in [0.29, 0.717) is 22.0 Å². The summed E-state index contributed by atoms with van der Waals surface area (Å²) in [6.45, 7) is 9.90. The summed E-state index contributed by atoms with van der Waals surface area (Å²) < 4.78 is 0. The molecule has 0 aliphatic rings. The molecule has 0 amide bonds. The van der Waals surface area contributed by atoms with Crippen molar-refractivity contribution >= 4 is 22.9 Å². The van der Waals surface area contributed by atoms with Gasteiger partial charge in [-0.1, -0.05) is 39.9 Å². The van der Waals surface area contributed by atoms with Crippen LogP contribution in [-0.4, -0.2) is 16.5 Å². The van der Waals surface area contributed by atoms with Crippen LogP contribution in [0.4, 0.5) is 5.69 Å². The van der Waals surface area contributed by atoms with Gasteiger partial charge in [0.05, 0.1) is 17.6 Å². The minimum atomic E-state index is 0.305. The van der Waals surface area contributed by atoms with Gasteiger partial charge < -0.3 is 11.1 Å². The summed E-state index contributed by atoms with van der Waals surface area (Å²) in [5.74, 6) is 0.581. The molecule has 1 heterocycles. The average molecular weight is 251 g/mol. The Morgan fingerprint density at radius 1 is 1.47 bits per heavy atom. The summed E-state index contributed by atoms with van der Waals surface area (Å²) in [7, 11) is 0. The fourth-order valence-corrected chi connectivity index (χ4v) is 1.34.